The zero-order valence-corrected chi connectivity index (χ0v) is 15.1. The van der Waals surface area contributed by atoms with Gasteiger partial charge in [-0.3, -0.25) is 9.69 Å². The first-order valence-electron chi connectivity index (χ1n) is 7.32. The fourth-order valence-corrected chi connectivity index (χ4v) is 3.21. The largest absolute Gasteiger partial charge is 0.495 e. The third-order valence-corrected chi connectivity index (χ3v) is 4.54. The number of rotatable bonds is 3. The Bertz CT molecular complexity index is 898. The molecular formula is C18H14ClFN2O2S. The summed E-state index contributed by atoms with van der Waals surface area (Å²) < 4.78 is 19.0. The van der Waals surface area contributed by atoms with Gasteiger partial charge in [-0.2, -0.15) is 0 Å². The van der Waals surface area contributed by atoms with Crippen molar-refractivity contribution in [3.05, 3.63) is 64.6 Å². The molecule has 0 N–H and O–H groups in total. The lowest BCUT2D eigenvalue weighted by atomic mass is 10.1. The molecule has 2 aromatic carbocycles. The standard InChI is InChI=1S/C18H14ClFN2O2S/c1-24-16-8-7-12(10-13(16)19)22-17(23)15(21-18(22)25-2)9-11-5-3-4-6-14(11)20/h3-10H,1-2H3/b15-9-. The van der Waals surface area contributed by atoms with E-state index in [0.717, 1.165) is 0 Å². The van der Waals surface area contributed by atoms with Crippen LogP contribution in [0.4, 0.5) is 10.1 Å². The summed E-state index contributed by atoms with van der Waals surface area (Å²) in [6.07, 6.45) is 3.26. The number of hydrogen-bond acceptors (Lipinski definition) is 4. The van der Waals surface area contributed by atoms with E-state index in [-0.39, 0.29) is 11.6 Å². The van der Waals surface area contributed by atoms with Crippen LogP contribution >= 0.6 is 23.4 Å². The van der Waals surface area contributed by atoms with Crippen LogP contribution in [-0.4, -0.2) is 24.4 Å². The van der Waals surface area contributed by atoms with Crippen LogP contribution < -0.4 is 9.64 Å². The number of thioether (sulfide) groups is 1. The Hall–Kier alpha value is -2.31. The number of nitrogens with zero attached hydrogens (tertiary/aromatic N) is 2. The fourth-order valence-electron chi connectivity index (χ4n) is 2.39. The molecule has 1 aliphatic rings. The van der Waals surface area contributed by atoms with Crippen molar-refractivity contribution in [1.29, 1.82) is 0 Å². The van der Waals surface area contributed by atoms with E-state index in [1.807, 2.05) is 6.26 Å². The average Bonchev–Trinajstić information content (AvgIpc) is 2.92. The molecule has 0 atom stereocenters. The van der Waals surface area contributed by atoms with Gasteiger partial charge in [-0.25, -0.2) is 9.38 Å². The van der Waals surface area contributed by atoms with E-state index < -0.39 is 5.82 Å². The van der Waals surface area contributed by atoms with E-state index in [2.05, 4.69) is 4.99 Å². The molecule has 3 rings (SSSR count). The number of ether oxygens (including phenoxy) is 1. The molecule has 128 valence electrons. The minimum absolute atomic E-state index is 0.168. The molecular weight excluding hydrogens is 363 g/mol. The van der Waals surface area contributed by atoms with Gasteiger partial charge in [0.1, 0.15) is 17.3 Å². The highest BCUT2D eigenvalue weighted by Gasteiger charge is 2.31. The van der Waals surface area contributed by atoms with Gasteiger partial charge >= 0.3 is 0 Å². The molecule has 0 aromatic heterocycles. The number of carbonyl (C=O) groups excluding carboxylic acids is 1. The van der Waals surface area contributed by atoms with Crippen molar-refractivity contribution in [1.82, 2.24) is 0 Å². The van der Waals surface area contributed by atoms with E-state index in [0.29, 0.717) is 27.2 Å². The molecule has 7 heteroatoms. The van der Waals surface area contributed by atoms with Crippen molar-refractivity contribution in [3.63, 3.8) is 0 Å². The summed E-state index contributed by atoms with van der Waals surface area (Å²) in [5, 5.41) is 0.883. The summed E-state index contributed by atoms with van der Waals surface area (Å²) in [6, 6.07) is 11.3. The number of anilines is 1. The Labute approximate surface area is 154 Å². The molecule has 1 amide bonds. The number of halogens is 2. The van der Waals surface area contributed by atoms with E-state index in [1.165, 1.54) is 35.9 Å². The summed E-state index contributed by atoms with van der Waals surface area (Å²) in [4.78, 5) is 18.6. The molecule has 25 heavy (non-hydrogen) atoms. The molecule has 0 unspecified atom stereocenters. The lowest BCUT2D eigenvalue weighted by Gasteiger charge is -2.17. The molecule has 0 spiro atoms. The quantitative estimate of drug-likeness (QED) is 0.735. The van der Waals surface area contributed by atoms with E-state index >= 15 is 0 Å². The lowest BCUT2D eigenvalue weighted by molar-refractivity contribution is -0.113. The van der Waals surface area contributed by atoms with Gasteiger partial charge < -0.3 is 4.74 Å². The van der Waals surface area contributed by atoms with Crippen molar-refractivity contribution in [2.75, 3.05) is 18.3 Å². The van der Waals surface area contributed by atoms with Gasteiger partial charge in [-0.05, 0) is 36.6 Å². The molecule has 0 radical (unpaired) electrons. The number of hydrogen-bond donors (Lipinski definition) is 0. The Morgan fingerprint density at radius 3 is 2.68 bits per heavy atom. The zero-order chi connectivity index (χ0) is 18.0. The second-order valence-corrected chi connectivity index (χ2v) is 6.29. The van der Waals surface area contributed by atoms with Crippen LogP contribution in [0.1, 0.15) is 5.56 Å². The van der Waals surface area contributed by atoms with Crippen molar-refractivity contribution in [3.8, 4) is 5.75 Å². The van der Waals surface area contributed by atoms with Gasteiger partial charge in [0, 0.05) is 5.56 Å². The monoisotopic (exact) mass is 376 g/mol. The van der Waals surface area contributed by atoms with E-state index in [9.17, 15) is 9.18 Å². The normalized spacial score (nSPS) is 15.7. The Morgan fingerprint density at radius 2 is 2.04 bits per heavy atom. The molecule has 1 aliphatic heterocycles. The predicted molar refractivity (Wildman–Crippen MR) is 101 cm³/mol. The maximum Gasteiger partial charge on any atom is 0.283 e. The highest BCUT2D eigenvalue weighted by Crippen LogP contribution is 2.33. The number of carbonyl (C=O) groups is 1. The number of benzene rings is 2. The minimum Gasteiger partial charge on any atom is -0.495 e. The molecule has 0 fully saturated rings. The van der Waals surface area contributed by atoms with Crippen molar-refractivity contribution in [2.24, 2.45) is 4.99 Å². The van der Waals surface area contributed by atoms with Gasteiger partial charge in [0.2, 0.25) is 0 Å². The van der Waals surface area contributed by atoms with Crippen LogP contribution in [0, 0.1) is 5.82 Å². The van der Waals surface area contributed by atoms with Crippen LogP contribution in [0.15, 0.2) is 53.2 Å². The highest BCUT2D eigenvalue weighted by molar-refractivity contribution is 8.13. The van der Waals surface area contributed by atoms with E-state index in [4.69, 9.17) is 16.3 Å². The molecule has 4 nitrogen and oxygen atoms in total. The smallest absolute Gasteiger partial charge is 0.283 e. The zero-order valence-electron chi connectivity index (χ0n) is 13.5. The van der Waals surface area contributed by atoms with Crippen LogP contribution in [0.3, 0.4) is 0 Å². The van der Waals surface area contributed by atoms with Crippen LogP contribution in [0.25, 0.3) is 6.08 Å². The molecule has 0 aliphatic carbocycles. The SMILES string of the molecule is COc1ccc(N2C(=O)/C(=C/c3ccccc3F)N=C2SC)cc1Cl. The summed E-state index contributed by atoms with van der Waals surface area (Å²) in [5.74, 6) is -0.231. The molecule has 1 heterocycles. The summed E-state index contributed by atoms with van der Waals surface area (Å²) in [5.41, 5.74) is 1.05. The third kappa shape index (κ3) is 3.41. The number of methoxy groups -OCH3 is 1. The van der Waals surface area contributed by atoms with Gasteiger partial charge in [0.05, 0.1) is 17.8 Å². The van der Waals surface area contributed by atoms with Crippen LogP contribution in [0.2, 0.25) is 5.02 Å². The Morgan fingerprint density at radius 1 is 1.28 bits per heavy atom. The van der Waals surface area contributed by atoms with Crippen molar-refractivity contribution >= 4 is 46.2 Å². The Balaban J connectivity index is 2.00. The van der Waals surface area contributed by atoms with Gasteiger partial charge in [0.15, 0.2) is 5.17 Å². The van der Waals surface area contributed by atoms with Gasteiger partial charge in [-0.1, -0.05) is 41.6 Å². The molecule has 0 saturated heterocycles. The van der Waals surface area contributed by atoms with Crippen LogP contribution in [-0.2, 0) is 4.79 Å². The lowest BCUT2D eigenvalue weighted by Crippen LogP contribution is -2.30. The average molecular weight is 377 g/mol. The maximum absolute atomic E-state index is 13.9. The summed E-state index contributed by atoms with van der Waals surface area (Å²) >= 11 is 7.48. The molecule has 0 bridgehead atoms. The van der Waals surface area contributed by atoms with Gasteiger partial charge in [-0.15, -0.1) is 0 Å². The van der Waals surface area contributed by atoms with Gasteiger partial charge in [0.25, 0.3) is 5.91 Å². The number of aliphatic imine (C=N–C) groups is 1. The summed E-state index contributed by atoms with van der Waals surface area (Å²) in [6.45, 7) is 0. The molecule has 0 saturated carbocycles. The van der Waals surface area contributed by atoms with Crippen LogP contribution in [0.5, 0.6) is 5.75 Å². The Kier molecular flexibility index (Phi) is 5.11. The summed E-state index contributed by atoms with van der Waals surface area (Å²) in [7, 11) is 1.52. The topological polar surface area (TPSA) is 41.9 Å². The highest BCUT2D eigenvalue weighted by atomic mass is 35.5. The number of amides is 1. The first-order valence-corrected chi connectivity index (χ1v) is 8.92. The first kappa shape index (κ1) is 17.5. The van der Waals surface area contributed by atoms with Crippen molar-refractivity contribution < 1.29 is 13.9 Å². The first-order chi connectivity index (χ1) is 12.0. The second kappa shape index (κ2) is 7.29. The minimum atomic E-state index is -0.408. The second-order valence-electron chi connectivity index (χ2n) is 5.11. The molecule has 2 aromatic rings. The van der Waals surface area contributed by atoms with E-state index in [1.54, 1.807) is 36.4 Å². The predicted octanol–water partition coefficient (Wildman–Crippen LogP) is 4.59. The fraction of sp³-hybridized carbons (Fsp3) is 0.111. The van der Waals surface area contributed by atoms with Crippen molar-refractivity contribution in [2.45, 2.75) is 0 Å². The maximum atomic E-state index is 13.9. The number of amidine groups is 1. The third-order valence-electron chi connectivity index (χ3n) is 3.60.